The number of amides is 3. The van der Waals surface area contributed by atoms with Crippen LogP contribution in [0.15, 0.2) is 12.1 Å². The molecule has 1 aromatic carbocycles. The van der Waals surface area contributed by atoms with E-state index in [0.29, 0.717) is 17.4 Å². The second-order valence-corrected chi connectivity index (χ2v) is 5.23. The number of carbonyl (C=O) groups is 2. The van der Waals surface area contributed by atoms with Gasteiger partial charge >= 0.3 is 6.03 Å². The Kier molecular flexibility index (Phi) is 2.90. The predicted molar refractivity (Wildman–Crippen MR) is 76.0 cm³/mol. The molecule has 0 spiro atoms. The summed E-state index contributed by atoms with van der Waals surface area (Å²) in [4.78, 5) is 24.6. The van der Waals surface area contributed by atoms with Crippen LogP contribution in [0.2, 0.25) is 5.02 Å². The van der Waals surface area contributed by atoms with Gasteiger partial charge in [-0.3, -0.25) is 19.7 Å². The van der Waals surface area contributed by atoms with Crippen molar-refractivity contribution in [2.24, 2.45) is 7.05 Å². The lowest BCUT2D eigenvalue weighted by molar-refractivity contribution is -0.120. The van der Waals surface area contributed by atoms with E-state index in [4.69, 9.17) is 11.6 Å². The minimum Gasteiger partial charge on any atom is -0.278 e. The molecule has 1 fully saturated rings. The SMILES string of the molecule is Cc1cc2c(cc1Cl)c(N1CCC(=O)NC1=O)nn2C. The molecule has 1 aliphatic heterocycles. The van der Waals surface area contributed by atoms with Crippen molar-refractivity contribution in [2.75, 3.05) is 11.4 Å². The summed E-state index contributed by atoms with van der Waals surface area (Å²) in [6.45, 7) is 2.24. The first-order chi connectivity index (χ1) is 9.47. The zero-order chi connectivity index (χ0) is 14.4. The van der Waals surface area contributed by atoms with Gasteiger partial charge in [0.05, 0.1) is 5.52 Å². The van der Waals surface area contributed by atoms with Gasteiger partial charge in [-0.25, -0.2) is 4.79 Å². The number of nitrogens with zero attached hydrogens (tertiary/aromatic N) is 3. The average molecular weight is 293 g/mol. The summed E-state index contributed by atoms with van der Waals surface area (Å²) in [5, 5.41) is 8.10. The fourth-order valence-electron chi connectivity index (χ4n) is 2.33. The molecule has 0 unspecified atom stereocenters. The number of anilines is 1. The monoisotopic (exact) mass is 292 g/mol. The van der Waals surface area contributed by atoms with E-state index in [1.54, 1.807) is 10.7 Å². The molecule has 0 saturated carbocycles. The molecule has 1 saturated heterocycles. The number of fused-ring (bicyclic) bond motifs is 1. The topological polar surface area (TPSA) is 67.2 Å². The number of aryl methyl sites for hydroxylation is 2. The van der Waals surface area contributed by atoms with Gasteiger partial charge in [0, 0.05) is 30.4 Å². The number of hydrogen-bond acceptors (Lipinski definition) is 3. The molecule has 2 heterocycles. The van der Waals surface area contributed by atoms with Gasteiger partial charge in [-0.2, -0.15) is 5.10 Å². The lowest BCUT2D eigenvalue weighted by Gasteiger charge is -2.24. The second kappa shape index (κ2) is 4.49. The quantitative estimate of drug-likeness (QED) is 0.874. The highest BCUT2D eigenvalue weighted by molar-refractivity contribution is 6.32. The van der Waals surface area contributed by atoms with Crippen molar-refractivity contribution >= 4 is 40.3 Å². The second-order valence-electron chi connectivity index (χ2n) is 4.82. The largest absolute Gasteiger partial charge is 0.329 e. The van der Waals surface area contributed by atoms with Crippen LogP contribution in [0, 0.1) is 6.92 Å². The summed E-state index contributed by atoms with van der Waals surface area (Å²) in [6, 6.07) is 3.29. The Morgan fingerprint density at radius 2 is 2.10 bits per heavy atom. The number of benzene rings is 1. The van der Waals surface area contributed by atoms with Crippen molar-refractivity contribution in [3.05, 3.63) is 22.7 Å². The molecule has 0 bridgehead atoms. The number of carbonyl (C=O) groups excluding carboxylic acids is 2. The third-order valence-electron chi connectivity index (χ3n) is 3.42. The first kappa shape index (κ1) is 12.9. The molecule has 0 aliphatic carbocycles. The van der Waals surface area contributed by atoms with Gasteiger partial charge in [-0.1, -0.05) is 11.6 Å². The van der Waals surface area contributed by atoms with Crippen molar-refractivity contribution in [1.29, 1.82) is 0 Å². The Bertz CT molecular complexity index is 738. The molecular formula is C13H13ClN4O2. The molecule has 104 valence electrons. The van der Waals surface area contributed by atoms with Crippen molar-refractivity contribution in [3.63, 3.8) is 0 Å². The van der Waals surface area contributed by atoms with E-state index in [9.17, 15) is 9.59 Å². The maximum Gasteiger partial charge on any atom is 0.329 e. The third-order valence-corrected chi connectivity index (χ3v) is 3.83. The first-order valence-corrected chi connectivity index (χ1v) is 6.59. The first-order valence-electron chi connectivity index (χ1n) is 6.21. The molecule has 2 aromatic rings. The number of urea groups is 1. The van der Waals surface area contributed by atoms with Crippen molar-refractivity contribution in [2.45, 2.75) is 13.3 Å². The summed E-state index contributed by atoms with van der Waals surface area (Å²) < 4.78 is 1.71. The number of hydrogen-bond donors (Lipinski definition) is 1. The highest BCUT2D eigenvalue weighted by Crippen LogP contribution is 2.31. The lowest BCUT2D eigenvalue weighted by atomic mass is 10.1. The minimum absolute atomic E-state index is 0.264. The fraction of sp³-hybridized carbons (Fsp3) is 0.308. The average Bonchev–Trinajstić information content (AvgIpc) is 2.67. The fourth-order valence-corrected chi connectivity index (χ4v) is 2.49. The summed E-state index contributed by atoms with van der Waals surface area (Å²) >= 11 is 6.16. The van der Waals surface area contributed by atoms with Crippen LogP contribution in [0.3, 0.4) is 0 Å². The predicted octanol–water partition coefficient (Wildman–Crippen LogP) is 1.98. The van der Waals surface area contributed by atoms with Crippen LogP contribution >= 0.6 is 11.6 Å². The Labute approximate surface area is 120 Å². The van der Waals surface area contributed by atoms with E-state index in [0.717, 1.165) is 16.5 Å². The third kappa shape index (κ3) is 1.92. The van der Waals surface area contributed by atoms with Gasteiger partial charge in [0.2, 0.25) is 5.91 Å². The zero-order valence-electron chi connectivity index (χ0n) is 11.1. The Morgan fingerprint density at radius 1 is 1.35 bits per heavy atom. The normalized spacial score (nSPS) is 15.8. The molecule has 1 aliphatic rings. The molecule has 1 N–H and O–H groups in total. The zero-order valence-corrected chi connectivity index (χ0v) is 11.9. The van der Waals surface area contributed by atoms with Gasteiger partial charge in [0.1, 0.15) is 0 Å². The van der Waals surface area contributed by atoms with E-state index in [2.05, 4.69) is 10.4 Å². The van der Waals surface area contributed by atoms with Crippen LogP contribution in [0.25, 0.3) is 10.9 Å². The van der Waals surface area contributed by atoms with E-state index >= 15 is 0 Å². The highest BCUT2D eigenvalue weighted by Gasteiger charge is 2.28. The molecule has 3 rings (SSSR count). The summed E-state index contributed by atoms with van der Waals surface area (Å²) in [7, 11) is 1.81. The molecule has 0 radical (unpaired) electrons. The van der Waals surface area contributed by atoms with Gasteiger partial charge in [0.15, 0.2) is 5.82 Å². The van der Waals surface area contributed by atoms with Crippen LogP contribution in [0.5, 0.6) is 0 Å². The molecular weight excluding hydrogens is 280 g/mol. The number of rotatable bonds is 1. The Hall–Kier alpha value is -2.08. The molecule has 6 nitrogen and oxygen atoms in total. The van der Waals surface area contributed by atoms with Crippen molar-refractivity contribution in [3.8, 4) is 0 Å². The van der Waals surface area contributed by atoms with E-state index in [1.807, 2.05) is 20.0 Å². The number of imide groups is 1. The van der Waals surface area contributed by atoms with Crippen LogP contribution < -0.4 is 10.2 Å². The summed E-state index contributed by atoms with van der Waals surface area (Å²) in [5.74, 6) is 0.259. The van der Waals surface area contributed by atoms with E-state index < -0.39 is 6.03 Å². The summed E-state index contributed by atoms with van der Waals surface area (Å²) in [5.41, 5.74) is 1.85. The molecule has 20 heavy (non-hydrogen) atoms. The number of nitrogens with one attached hydrogen (secondary N) is 1. The van der Waals surface area contributed by atoms with Crippen LogP contribution in [0.4, 0.5) is 10.6 Å². The van der Waals surface area contributed by atoms with E-state index in [-0.39, 0.29) is 12.3 Å². The Balaban J connectivity index is 2.14. The molecule has 7 heteroatoms. The molecule has 3 amide bonds. The summed E-state index contributed by atoms with van der Waals surface area (Å²) in [6.07, 6.45) is 0.267. The van der Waals surface area contributed by atoms with Crippen LogP contribution in [-0.4, -0.2) is 28.3 Å². The Morgan fingerprint density at radius 3 is 2.80 bits per heavy atom. The van der Waals surface area contributed by atoms with Crippen LogP contribution in [0.1, 0.15) is 12.0 Å². The van der Waals surface area contributed by atoms with Gasteiger partial charge in [-0.05, 0) is 24.6 Å². The number of halogens is 1. The smallest absolute Gasteiger partial charge is 0.278 e. The highest BCUT2D eigenvalue weighted by atomic mass is 35.5. The standard InChI is InChI=1S/C13H13ClN4O2/c1-7-5-10-8(6-9(7)14)12(16-17(10)2)18-4-3-11(19)15-13(18)20/h5-6H,3-4H2,1-2H3,(H,15,19,20). The van der Waals surface area contributed by atoms with Gasteiger partial charge < -0.3 is 0 Å². The van der Waals surface area contributed by atoms with Gasteiger partial charge in [0.25, 0.3) is 0 Å². The maximum absolute atomic E-state index is 11.9. The number of aromatic nitrogens is 2. The molecule has 1 aromatic heterocycles. The molecule has 0 atom stereocenters. The van der Waals surface area contributed by atoms with Crippen molar-refractivity contribution < 1.29 is 9.59 Å². The van der Waals surface area contributed by atoms with Crippen LogP contribution in [-0.2, 0) is 11.8 Å². The van der Waals surface area contributed by atoms with E-state index in [1.165, 1.54) is 4.90 Å². The lowest BCUT2D eigenvalue weighted by Crippen LogP contribution is -2.49. The maximum atomic E-state index is 11.9. The van der Waals surface area contributed by atoms with Gasteiger partial charge in [-0.15, -0.1) is 0 Å². The minimum atomic E-state index is -0.446. The van der Waals surface area contributed by atoms with Crippen molar-refractivity contribution in [1.82, 2.24) is 15.1 Å².